The van der Waals surface area contributed by atoms with Crippen LogP contribution < -0.4 is 0 Å². The van der Waals surface area contributed by atoms with E-state index in [1.54, 1.807) is 0 Å². The van der Waals surface area contributed by atoms with E-state index in [1.807, 2.05) is 0 Å². The minimum Gasteiger partial charge on any atom is -0.459 e. The molecule has 0 saturated carbocycles. The van der Waals surface area contributed by atoms with Crippen LogP contribution in [0.3, 0.4) is 0 Å². The third-order valence-corrected chi connectivity index (χ3v) is 12.3. The van der Waals surface area contributed by atoms with E-state index in [-0.39, 0.29) is 0 Å². The van der Waals surface area contributed by atoms with Crippen LogP contribution in [0, 0.1) is 0 Å². The van der Waals surface area contributed by atoms with Crippen LogP contribution in [0.5, 0.6) is 0 Å². The van der Waals surface area contributed by atoms with Gasteiger partial charge in [-0.15, -0.1) is 0 Å². The summed E-state index contributed by atoms with van der Waals surface area (Å²) in [6.07, 6.45) is 0. The summed E-state index contributed by atoms with van der Waals surface area (Å²) >= 11 is 0. The van der Waals surface area contributed by atoms with Gasteiger partial charge in [0.25, 0.3) is 0 Å². The molecular weight excluding hydrogens is 228 g/mol. The maximum atomic E-state index is 6.66. The molecular formula is C13H32OSi2. The molecule has 0 aliphatic heterocycles. The Kier molecular flexibility index (Phi) is 5.97. The third kappa shape index (κ3) is 4.00. The molecule has 0 fully saturated rings. The predicted molar refractivity (Wildman–Crippen MR) is 80.4 cm³/mol. The summed E-state index contributed by atoms with van der Waals surface area (Å²) in [5, 5.41) is 0.414. The Hall–Kier alpha value is 0.394. The summed E-state index contributed by atoms with van der Waals surface area (Å²) in [5.74, 6) is 0. The highest BCUT2D eigenvalue weighted by molar-refractivity contribution is 6.81. The highest BCUT2D eigenvalue weighted by Crippen LogP contribution is 2.43. The zero-order valence-electron chi connectivity index (χ0n) is 12.8. The van der Waals surface area contributed by atoms with Crippen LogP contribution in [0.2, 0.25) is 21.7 Å². The number of hydrogen-bond acceptors (Lipinski definition) is 1. The van der Waals surface area contributed by atoms with Gasteiger partial charge in [-0.1, -0.05) is 62.3 Å². The summed E-state index contributed by atoms with van der Waals surface area (Å²) in [6.45, 7) is 21.1. The second-order valence-electron chi connectivity index (χ2n) is 7.17. The smallest absolute Gasteiger partial charge is 0.187 e. The van der Waals surface area contributed by atoms with E-state index in [4.69, 9.17) is 4.12 Å². The molecule has 0 aliphatic rings. The maximum Gasteiger partial charge on any atom is 0.187 e. The number of rotatable bonds is 5. The molecule has 98 valence electrons. The Morgan fingerprint density at radius 1 is 0.812 bits per heavy atom. The van der Waals surface area contributed by atoms with Crippen LogP contribution in [0.1, 0.15) is 62.3 Å². The van der Waals surface area contributed by atoms with Gasteiger partial charge in [0.05, 0.1) is 0 Å². The largest absolute Gasteiger partial charge is 0.459 e. The molecule has 16 heavy (non-hydrogen) atoms. The van der Waals surface area contributed by atoms with Gasteiger partial charge in [-0.2, -0.15) is 0 Å². The monoisotopic (exact) mass is 260 g/mol. The van der Waals surface area contributed by atoms with Gasteiger partial charge in [0.2, 0.25) is 0 Å². The van der Waals surface area contributed by atoms with Crippen molar-refractivity contribution in [3.63, 3.8) is 0 Å². The molecule has 0 aromatic carbocycles. The van der Waals surface area contributed by atoms with Gasteiger partial charge in [0.15, 0.2) is 18.1 Å². The first kappa shape index (κ1) is 16.4. The van der Waals surface area contributed by atoms with Gasteiger partial charge in [-0.25, -0.2) is 0 Å². The van der Waals surface area contributed by atoms with E-state index < -0.39 is 18.1 Å². The SMILES string of the molecule is CC(C)[Si](O[SiH2]C(C)(C)C)(C(C)C)C(C)C. The molecule has 0 aliphatic carbocycles. The van der Waals surface area contributed by atoms with Crippen molar-refractivity contribution in [3.8, 4) is 0 Å². The average Bonchev–Trinajstić information content (AvgIpc) is 2.00. The van der Waals surface area contributed by atoms with E-state index in [0.717, 1.165) is 16.6 Å². The molecule has 0 atom stereocenters. The molecule has 0 aromatic heterocycles. The standard InChI is InChI=1S/C13H32OSi2/c1-10(2)16(11(3)4,12(5)6)14-15-13(7,8)9/h10-12H,15H2,1-9H3. The highest BCUT2D eigenvalue weighted by atomic mass is 28.4. The Labute approximate surface area is 106 Å². The number of hydrogen-bond donors (Lipinski definition) is 0. The second-order valence-corrected chi connectivity index (χ2v) is 15.9. The molecule has 0 unspecified atom stereocenters. The first-order valence-corrected chi connectivity index (χ1v) is 10.1. The van der Waals surface area contributed by atoms with Crippen LogP contribution >= 0.6 is 0 Å². The lowest BCUT2D eigenvalue weighted by Crippen LogP contribution is -2.49. The lowest BCUT2D eigenvalue weighted by molar-refractivity contribution is 0.478. The minimum atomic E-state index is -1.58. The first-order chi connectivity index (χ1) is 7.04. The van der Waals surface area contributed by atoms with Crippen LogP contribution in [0.4, 0.5) is 0 Å². The van der Waals surface area contributed by atoms with E-state index in [1.165, 1.54) is 0 Å². The molecule has 0 spiro atoms. The molecule has 0 amide bonds. The molecule has 0 N–H and O–H groups in total. The Balaban J connectivity index is 4.92. The minimum absolute atomic E-state index is 0.414. The Morgan fingerprint density at radius 3 is 1.31 bits per heavy atom. The van der Waals surface area contributed by atoms with Crippen LogP contribution in [0.15, 0.2) is 0 Å². The van der Waals surface area contributed by atoms with Crippen molar-refractivity contribution in [2.24, 2.45) is 0 Å². The molecule has 3 heteroatoms. The van der Waals surface area contributed by atoms with Crippen LogP contribution in [-0.2, 0) is 4.12 Å². The first-order valence-electron chi connectivity index (χ1n) is 6.68. The van der Waals surface area contributed by atoms with Crippen molar-refractivity contribution in [1.29, 1.82) is 0 Å². The van der Waals surface area contributed by atoms with Crippen LogP contribution in [0.25, 0.3) is 0 Å². The van der Waals surface area contributed by atoms with Crippen molar-refractivity contribution in [2.75, 3.05) is 0 Å². The summed E-state index contributed by atoms with van der Waals surface area (Å²) in [5.41, 5.74) is 2.17. The Morgan fingerprint density at radius 2 is 1.12 bits per heavy atom. The molecule has 0 heterocycles. The molecule has 0 aromatic rings. The zero-order chi connectivity index (χ0) is 13.1. The van der Waals surface area contributed by atoms with Gasteiger partial charge in [-0.3, -0.25) is 0 Å². The van der Waals surface area contributed by atoms with Crippen molar-refractivity contribution in [2.45, 2.75) is 84.0 Å². The predicted octanol–water partition coefficient (Wildman–Crippen LogP) is 4.48. The topological polar surface area (TPSA) is 9.23 Å². The third-order valence-electron chi connectivity index (χ3n) is 3.46. The van der Waals surface area contributed by atoms with Gasteiger partial charge in [0.1, 0.15) is 0 Å². The Bertz CT molecular complexity index is 183. The zero-order valence-corrected chi connectivity index (χ0v) is 15.3. The fraction of sp³-hybridized carbons (Fsp3) is 1.00. The van der Waals surface area contributed by atoms with E-state index in [9.17, 15) is 0 Å². The fourth-order valence-corrected chi connectivity index (χ4v) is 13.6. The molecule has 0 rings (SSSR count). The van der Waals surface area contributed by atoms with Crippen LogP contribution in [-0.4, -0.2) is 18.1 Å². The van der Waals surface area contributed by atoms with Gasteiger partial charge in [0, 0.05) is 0 Å². The fourth-order valence-electron chi connectivity index (χ4n) is 2.84. The van der Waals surface area contributed by atoms with Gasteiger partial charge < -0.3 is 4.12 Å². The lowest BCUT2D eigenvalue weighted by atomic mass is 10.3. The lowest BCUT2D eigenvalue weighted by Gasteiger charge is -2.44. The maximum absolute atomic E-state index is 6.66. The van der Waals surface area contributed by atoms with E-state index in [2.05, 4.69) is 62.3 Å². The summed E-state index contributed by atoms with van der Waals surface area (Å²) in [6, 6.07) is 0. The van der Waals surface area contributed by atoms with Crippen molar-refractivity contribution >= 4 is 18.1 Å². The molecule has 0 bridgehead atoms. The van der Waals surface area contributed by atoms with Gasteiger partial charge >= 0.3 is 0 Å². The van der Waals surface area contributed by atoms with Crippen molar-refractivity contribution in [1.82, 2.24) is 0 Å². The molecule has 0 saturated heterocycles. The second kappa shape index (κ2) is 5.83. The van der Waals surface area contributed by atoms with E-state index in [0.29, 0.717) is 5.04 Å². The highest BCUT2D eigenvalue weighted by Gasteiger charge is 2.44. The van der Waals surface area contributed by atoms with E-state index >= 15 is 0 Å². The molecule has 0 radical (unpaired) electrons. The summed E-state index contributed by atoms with van der Waals surface area (Å²) < 4.78 is 6.66. The van der Waals surface area contributed by atoms with Crippen molar-refractivity contribution in [3.05, 3.63) is 0 Å². The average molecular weight is 261 g/mol. The van der Waals surface area contributed by atoms with Crippen molar-refractivity contribution < 1.29 is 4.12 Å². The quantitative estimate of drug-likeness (QED) is 0.662. The molecule has 1 nitrogen and oxygen atoms in total. The van der Waals surface area contributed by atoms with Gasteiger partial charge in [-0.05, 0) is 21.7 Å². The normalized spacial score (nSPS) is 15.0. The summed E-state index contributed by atoms with van der Waals surface area (Å²) in [7, 11) is -2.00. The summed E-state index contributed by atoms with van der Waals surface area (Å²) in [4.78, 5) is 0.